The molecule has 0 N–H and O–H groups in total. The van der Waals surface area contributed by atoms with Gasteiger partial charge in [-0.15, -0.1) is 0 Å². The van der Waals surface area contributed by atoms with Gasteiger partial charge in [0, 0.05) is 29.2 Å². The molecule has 0 aliphatic rings. The zero-order valence-electron chi connectivity index (χ0n) is 8.21. The molecule has 0 aliphatic carbocycles. The van der Waals surface area contributed by atoms with Crippen LogP contribution in [0.4, 0.5) is 0 Å². The van der Waals surface area contributed by atoms with Crippen molar-refractivity contribution < 1.29 is 4.79 Å². The summed E-state index contributed by atoms with van der Waals surface area (Å²) < 4.78 is 2.42. The van der Waals surface area contributed by atoms with E-state index in [1.165, 1.54) is 6.92 Å². The zero-order chi connectivity index (χ0) is 10.7. The third kappa shape index (κ3) is 2.80. The normalized spacial score (nSPS) is 10.2. The van der Waals surface area contributed by atoms with Crippen molar-refractivity contribution in [3.63, 3.8) is 0 Å². The third-order valence-corrected chi connectivity index (χ3v) is 2.37. The van der Waals surface area contributed by atoms with Crippen molar-refractivity contribution in [2.45, 2.75) is 26.8 Å². The Morgan fingerprint density at radius 3 is 2.79 bits per heavy atom. The lowest BCUT2D eigenvalue weighted by atomic mass is 10.3. The molecule has 0 unspecified atom stereocenters. The van der Waals surface area contributed by atoms with E-state index in [0.717, 1.165) is 4.47 Å². The van der Waals surface area contributed by atoms with E-state index in [-0.39, 0.29) is 11.3 Å². The molecule has 0 amide bonds. The molecule has 0 bridgehead atoms. The Labute approximate surface area is 90.9 Å². The molecule has 4 heteroatoms. The summed E-state index contributed by atoms with van der Waals surface area (Å²) in [6.07, 6.45) is 2.11. The highest BCUT2D eigenvalue weighted by molar-refractivity contribution is 9.10. The van der Waals surface area contributed by atoms with Crippen molar-refractivity contribution in [3.8, 4) is 0 Å². The van der Waals surface area contributed by atoms with Gasteiger partial charge in [-0.2, -0.15) is 0 Å². The number of Topliss-reactive ketones (excluding diaryl/α,β-unsaturated/α-hetero) is 1. The van der Waals surface area contributed by atoms with Crippen molar-refractivity contribution in [1.29, 1.82) is 0 Å². The first kappa shape index (κ1) is 11.2. The summed E-state index contributed by atoms with van der Waals surface area (Å²) in [5.41, 5.74) is 0.650. The average Bonchev–Trinajstić information content (AvgIpc) is 2.08. The van der Waals surface area contributed by atoms with Gasteiger partial charge in [-0.05, 0) is 35.8 Å². The lowest BCUT2D eigenvalue weighted by Crippen LogP contribution is -2.22. The first-order valence-electron chi connectivity index (χ1n) is 4.36. The van der Waals surface area contributed by atoms with Crippen LogP contribution in [-0.2, 0) is 11.3 Å². The average molecular weight is 258 g/mol. The summed E-state index contributed by atoms with van der Waals surface area (Å²) in [4.78, 5) is 22.3. The number of pyridine rings is 1. The van der Waals surface area contributed by atoms with Crippen molar-refractivity contribution >= 4 is 21.7 Å². The predicted octanol–water partition coefficient (Wildman–Crippen LogP) is 1.90. The minimum atomic E-state index is -0.0329. The Bertz CT molecular complexity index is 409. The fourth-order valence-electron chi connectivity index (χ4n) is 1.18. The molecule has 76 valence electrons. The Balaban J connectivity index is 2.97. The van der Waals surface area contributed by atoms with Crippen LogP contribution in [0.5, 0.6) is 0 Å². The van der Waals surface area contributed by atoms with Crippen LogP contribution in [-0.4, -0.2) is 10.4 Å². The SMILES string of the molecule is CC(=O)CCn1cc(Br)cc(C)c1=O. The van der Waals surface area contributed by atoms with Gasteiger partial charge in [0.25, 0.3) is 5.56 Å². The lowest BCUT2D eigenvalue weighted by Gasteiger charge is -2.05. The Hall–Kier alpha value is -0.900. The van der Waals surface area contributed by atoms with Crippen LogP contribution in [0.1, 0.15) is 18.9 Å². The highest BCUT2D eigenvalue weighted by Crippen LogP contribution is 2.08. The van der Waals surface area contributed by atoms with E-state index in [1.54, 1.807) is 23.8 Å². The predicted molar refractivity (Wildman–Crippen MR) is 58.4 cm³/mol. The van der Waals surface area contributed by atoms with Crippen LogP contribution < -0.4 is 5.56 Å². The first-order chi connectivity index (χ1) is 6.50. The standard InChI is InChI=1S/C10H12BrNO2/c1-7-5-9(11)6-12(10(7)14)4-3-8(2)13/h5-6H,3-4H2,1-2H3. The number of halogens is 1. The molecule has 1 rings (SSSR count). The maximum Gasteiger partial charge on any atom is 0.253 e. The van der Waals surface area contributed by atoms with Crippen molar-refractivity contribution in [2.24, 2.45) is 0 Å². The highest BCUT2D eigenvalue weighted by Gasteiger charge is 2.02. The summed E-state index contributed by atoms with van der Waals surface area (Å²) in [7, 11) is 0. The summed E-state index contributed by atoms with van der Waals surface area (Å²) >= 11 is 3.31. The molecule has 0 fully saturated rings. The van der Waals surface area contributed by atoms with Gasteiger partial charge < -0.3 is 4.57 Å². The number of rotatable bonds is 3. The second-order valence-electron chi connectivity index (χ2n) is 3.29. The minimum Gasteiger partial charge on any atom is -0.314 e. The van der Waals surface area contributed by atoms with Gasteiger partial charge in [-0.25, -0.2) is 0 Å². The maximum absolute atomic E-state index is 11.6. The number of ketones is 1. The molecule has 1 aromatic rings. The molecule has 0 saturated carbocycles. The van der Waals surface area contributed by atoms with Gasteiger partial charge in [-0.1, -0.05) is 0 Å². The number of hydrogen-bond donors (Lipinski definition) is 0. The van der Waals surface area contributed by atoms with Gasteiger partial charge >= 0.3 is 0 Å². The van der Waals surface area contributed by atoms with Gasteiger partial charge in [0.15, 0.2) is 0 Å². The van der Waals surface area contributed by atoms with Crippen LogP contribution in [0, 0.1) is 6.92 Å². The molecule has 0 radical (unpaired) electrons. The van der Waals surface area contributed by atoms with Crippen molar-refractivity contribution in [2.75, 3.05) is 0 Å². The molecule has 1 aromatic heterocycles. The largest absolute Gasteiger partial charge is 0.314 e. The summed E-state index contributed by atoms with van der Waals surface area (Å²) in [5.74, 6) is 0.0922. The maximum atomic E-state index is 11.6. The molecule has 14 heavy (non-hydrogen) atoms. The summed E-state index contributed by atoms with van der Waals surface area (Å²) in [5, 5.41) is 0. The quantitative estimate of drug-likeness (QED) is 0.830. The zero-order valence-corrected chi connectivity index (χ0v) is 9.80. The topological polar surface area (TPSA) is 39.1 Å². The fraction of sp³-hybridized carbons (Fsp3) is 0.400. The first-order valence-corrected chi connectivity index (χ1v) is 5.16. The Morgan fingerprint density at radius 2 is 2.21 bits per heavy atom. The molecule has 0 spiro atoms. The third-order valence-electron chi connectivity index (χ3n) is 1.94. The van der Waals surface area contributed by atoms with E-state index in [9.17, 15) is 9.59 Å². The minimum absolute atomic E-state index is 0.0329. The van der Waals surface area contributed by atoms with E-state index >= 15 is 0 Å². The second-order valence-corrected chi connectivity index (χ2v) is 4.21. The molecule has 1 heterocycles. The van der Waals surface area contributed by atoms with E-state index in [2.05, 4.69) is 15.9 Å². The molecular weight excluding hydrogens is 246 g/mol. The molecule has 0 aromatic carbocycles. The van der Waals surface area contributed by atoms with Crippen LogP contribution in [0.3, 0.4) is 0 Å². The molecular formula is C10H12BrNO2. The molecule has 3 nitrogen and oxygen atoms in total. The van der Waals surface area contributed by atoms with Crippen molar-refractivity contribution in [1.82, 2.24) is 4.57 Å². The van der Waals surface area contributed by atoms with Gasteiger partial charge in [0.2, 0.25) is 0 Å². The number of nitrogens with zero attached hydrogens (tertiary/aromatic N) is 1. The van der Waals surface area contributed by atoms with Crippen LogP contribution in [0.2, 0.25) is 0 Å². The Morgan fingerprint density at radius 1 is 1.57 bits per heavy atom. The van der Waals surface area contributed by atoms with E-state index < -0.39 is 0 Å². The summed E-state index contributed by atoms with van der Waals surface area (Å²) in [6.45, 7) is 3.74. The number of aryl methyl sites for hydroxylation is 2. The number of hydrogen-bond acceptors (Lipinski definition) is 2. The number of carbonyl (C=O) groups excluding carboxylic acids is 1. The number of aromatic nitrogens is 1. The highest BCUT2D eigenvalue weighted by atomic mass is 79.9. The second kappa shape index (κ2) is 4.55. The van der Waals surface area contributed by atoms with Crippen LogP contribution >= 0.6 is 15.9 Å². The van der Waals surface area contributed by atoms with Crippen LogP contribution in [0.15, 0.2) is 21.5 Å². The van der Waals surface area contributed by atoms with Gasteiger partial charge in [0.1, 0.15) is 5.78 Å². The van der Waals surface area contributed by atoms with Gasteiger partial charge in [-0.3, -0.25) is 9.59 Å². The lowest BCUT2D eigenvalue weighted by molar-refractivity contribution is -0.117. The van der Waals surface area contributed by atoms with E-state index in [4.69, 9.17) is 0 Å². The molecule has 0 aliphatic heterocycles. The monoisotopic (exact) mass is 257 g/mol. The fourth-order valence-corrected chi connectivity index (χ4v) is 1.77. The Kier molecular flexibility index (Phi) is 3.63. The van der Waals surface area contributed by atoms with Crippen molar-refractivity contribution in [3.05, 3.63) is 32.7 Å². The van der Waals surface area contributed by atoms with E-state index in [1.807, 2.05) is 0 Å². The molecule has 0 atom stereocenters. The van der Waals surface area contributed by atoms with Crippen LogP contribution in [0.25, 0.3) is 0 Å². The van der Waals surface area contributed by atoms with Gasteiger partial charge in [0.05, 0.1) is 0 Å². The van der Waals surface area contributed by atoms with E-state index in [0.29, 0.717) is 18.5 Å². The number of carbonyl (C=O) groups is 1. The molecule has 0 saturated heterocycles. The summed E-state index contributed by atoms with van der Waals surface area (Å²) in [6, 6.07) is 1.77. The smallest absolute Gasteiger partial charge is 0.253 e.